The van der Waals surface area contributed by atoms with Gasteiger partial charge in [0.25, 0.3) is 5.91 Å². The largest absolute Gasteiger partial charge is 0.478 e. The van der Waals surface area contributed by atoms with Crippen LogP contribution in [-0.4, -0.2) is 113 Å². The Balaban J connectivity index is 0.000000294. The second-order valence-corrected chi connectivity index (χ2v) is 22.4. The van der Waals surface area contributed by atoms with Gasteiger partial charge in [0.05, 0.1) is 62.8 Å². The van der Waals surface area contributed by atoms with Crippen LogP contribution in [0.1, 0.15) is 121 Å². The van der Waals surface area contributed by atoms with E-state index in [1.54, 1.807) is 99.6 Å². The van der Waals surface area contributed by atoms with E-state index in [0.717, 1.165) is 73.5 Å². The molecule has 0 unspecified atom stereocenters. The van der Waals surface area contributed by atoms with E-state index in [1.807, 2.05) is 48.8 Å². The Morgan fingerprint density at radius 2 is 1.06 bits per heavy atom. The summed E-state index contributed by atoms with van der Waals surface area (Å²) >= 11 is 12.8. The van der Waals surface area contributed by atoms with Gasteiger partial charge in [0.1, 0.15) is 11.2 Å². The van der Waals surface area contributed by atoms with Crippen LogP contribution in [0.4, 0.5) is 32.9 Å². The van der Waals surface area contributed by atoms with Crippen molar-refractivity contribution in [1.82, 2.24) is 44.5 Å². The van der Waals surface area contributed by atoms with Crippen LogP contribution in [0.5, 0.6) is 0 Å². The van der Waals surface area contributed by atoms with Crippen LogP contribution in [0.3, 0.4) is 0 Å². The van der Waals surface area contributed by atoms with E-state index in [-0.39, 0.29) is 80.5 Å². The smallest absolute Gasteiger partial charge is 0.412 e. The fourth-order valence-corrected chi connectivity index (χ4v) is 9.56. The monoisotopic (exact) mass is 1440 g/mol. The molecular formula is C59H72BCl3N14O7U. The molecule has 10 rings (SSSR count). The summed E-state index contributed by atoms with van der Waals surface area (Å²) in [5.41, 5.74) is 11.5. The number of nitrogens with two attached hydrogens (primary N) is 1. The molecule has 6 heterocycles. The van der Waals surface area contributed by atoms with Crippen molar-refractivity contribution in [3.8, 4) is 22.5 Å². The summed E-state index contributed by atoms with van der Waals surface area (Å²) < 4.78 is 19.2. The number of halogens is 3. The Labute approximate surface area is 537 Å². The van der Waals surface area contributed by atoms with Crippen molar-refractivity contribution in [3.63, 3.8) is 0 Å². The van der Waals surface area contributed by atoms with Gasteiger partial charge in [-0.3, -0.25) is 15.4 Å². The molecule has 85 heavy (non-hydrogen) atoms. The van der Waals surface area contributed by atoms with Gasteiger partial charge in [0, 0.05) is 104 Å². The SMILES string of the molecule is C.CC(C)(C)OC(=O)Nc1ccc(C(=O)N[C@H]2CCC[C@@H](Nc3ncc(Cl)c(-c4cnn5ccccc45)n3)C2)cc1.CC(C)(C)OC(=O)Nc1ccc(C(=O)O)cc1.Cl.N[C@H]1CCC[C@@H](Nc2ncc(Cl)c(-c3cnn4ccccc34)n2)C1.[3H][B].[U]. The quantitative estimate of drug-likeness (QED) is 0.0593. The van der Waals surface area contributed by atoms with Crippen LogP contribution in [-0.2, 0) is 9.47 Å². The molecule has 26 heteroatoms. The van der Waals surface area contributed by atoms with Crippen LogP contribution in [0, 0.1) is 31.1 Å². The van der Waals surface area contributed by atoms with Gasteiger partial charge in [-0.15, -0.1) is 12.4 Å². The first-order chi connectivity index (χ1) is 39.6. The number of aromatic nitrogens is 8. The number of carboxylic acid groups (broad SMARTS) is 1. The summed E-state index contributed by atoms with van der Waals surface area (Å²) in [6.07, 6.45) is 17.2. The van der Waals surface area contributed by atoms with Gasteiger partial charge in [0.15, 0.2) is 0 Å². The molecule has 0 aliphatic heterocycles. The Hall–Kier alpha value is -6.99. The minimum Gasteiger partial charge on any atom is -0.478 e. The number of carboxylic acids is 1. The fourth-order valence-electron chi connectivity index (χ4n) is 9.17. The number of carbonyl (C=O) groups excluding carboxylic acids is 3. The summed E-state index contributed by atoms with van der Waals surface area (Å²) in [5.74, 6) is -0.0927. The van der Waals surface area contributed by atoms with E-state index >= 15 is 0 Å². The normalized spacial score (nSPS) is 16.3. The van der Waals surface area contributed by atoms with Gasteiger partial charge < -0.3 is 36.3 Å². The maximum atomic E-state index is 12.9. The number of benzene rings is 2. The van der Waals surface area contributed by atoms with Gasteiger partial charge in [-0.2, -0.15) is 10.2 Å². The summed E-state index contributed by atoms with van der Waals surface area (Å²) in [4.78, 5) is 65.0. The molecule has 2 aliphatic rings. The molecule has 2 fully saturated rings. The molecule has 8 aromatic rings. The first-order valence-corrected chi connectivity index (χ1v) is 27.3. The van der Waals surface area contributed by atoms with Crippen LogP contribution in [0.2, 0.25) is 10.0 Å². The number of ether oxygens (including phenoxy) is 2. The van der Waals surface area contributed by atoms with Crippen molar-refractivity contribution in [2.24, 2.45) is 5.73 Å². The molecule has 4 atom stereocenters. The van der Waals surface area contributed by atoms with Crippen LogP contribution in [0.25, 0.3) is 33.5 Å². The van der Waals surface area contributed by atoms with Crippen LogP contribution < -0.4 is 32.3 Å². The van der Waals surface area contributed by atoms with Crippen molar-refractivity contribution in [3.05, 3.63) is 143 Å². The number of hydrogen-bond donors (Lipinski definition) is 7. The molecule has 2 radical (unpaired) electrons. The zero-order valence-corrected chi connectivity index (χ0v) is 53.8. The Bertz CT molecular complexity index is 3500. The predicted octanol–water partition coefficient (Wildman–Crippen LogP) is 12.2. The number of carbonyl (C=O) groups is 4. The second-order valence-electron chi connectivity index (χ2n) is 21.6. The van der Waals surface area contributed by atoms with Gasteiger partial charge in [0.2, 0.25) is 11.9 Å². The van der Waals surface area contributed by atoms with Crippen molar-refractivity contribution >= 4 is 102 Å². The van der Waals surface area contributed by atoms with E-state index in [4.69, 9.17) is 49.8 Å². The van der Waals surface area contributed by atoms with Crippen molar-refractivity contribution in [2.45, 2.75) is 136 Å². The molecule has 8 N–H and O–H groups in total. The average Bonchev–Trinajstić information content (AvgIpc) is 4.30. The summed E-state index contributed by atoms with van der Waals surface area (Å²) in [6.45, 7) is 10.7. The number of aromatic carboxylic acids is 1. The van der Waals surface area contributed by atoms with E-state index in [2.05, 4.69) is 60.1 Å². The molecule has 2 saturated carbocycles. The zero-order chi connectivity index (χ0) is 59.8. The second kappa shape index (κ2) is 31.9. The molecule has 21 nitrogen and oxygen atoms in total. The number of amides is 3. The molecule has 2 aliphatic carbocycles. The van der Waals surface area contributed by atoms with E-state index < -0.39 is 29.4 Å². The minimum absolute atomic E-state index is 0. The van der Waals surface area contributed by atoms with E-state index in [0.29, 0.717) is 56.3 Å². The van der Waals surface area contributed by atoms with Gasteiger partial charge >= 0.3 is 18.2 Å². The Kier molecular flexibility index (Phi) is 25.9. The number of nitrogens with zero attached hydrogens (tertiary/aromatic N) is 8. The van der Waals surface area contributed by atoms with Crippen molar-refractivity contribution < 1.29 is 64.9 Å². The third-order valence-corrected chi connectivity index (χ3v) is 13.4. The van der Waals surface area contributed by atoms with Gasteiger partial charge in [-0.05, 0) is 167 Å². The topological polar surface area (TPSA) is 279 Å². The molecule has 6 aromatic heterocycles. The third-order valence-electron chi connectivity index (χ3n) is 12.8. The number of fused-ring (bicyclic) bond motifs is 2. The fraction of sp³-hybridized carbons (Fsp3) is 0.356. The standard InChI is InChI=1S/C29H32ClN7O3.C17H19ClN6.C12H15NO4.CH4.BH.ClH.U/c1-29(2,3)40-28(39)35-19-12-10-18(11-13-19)26(38)33-20-7-6-8-21(15-20)34-27-31-17-23(30)25(36-27)22-16-32-37-14-5-4-9-24(22)37;18-14-10-20-17(22-12-5-3-4-11(19)8-12)23-16(14)13-9-21-24-7-2-1-6-15(13)24;1-12(2,3)17-11(16)13-9-6-4-8(5-7-9)10(14)15;;;;/h4-5,9-14,16-17,20-21H,6-8,15H2,1-3H3,(H,33,38)(H,35,39)(H,31,34,36);1-2,6-7,9-12H,3-5,8,19H2,(H,20,22,23);4-7H,1-3H3,(H,13,16)(H,14,15);1H4;2*1H;/t20-,21+;11-,12+;;;;;/m00...../s1/i;;;;1T;;. The number of anilines is 4. The van der Waals surface area contributed by atoms with E-state index in [9.17, 15) is 19.2 Å². The Morgan fingerprint density at radius 3 is 1.49 bits per heavy atom. The van der Waals surface area contributed by atoms with Crippen LogP contribution >= 0.6 is 35.6 Å². The van der Waals surface area contributed by atoms with E-state index in [1.165, 1.54) is 24.3 Å². The molecular weight excluding hydrogens is 1370 g/mol. The first kappa shape index (κ1) is 68.8. The maximum absolute atomic E-state index is 12.9. The van der Waals surface area contributed by atoms with Crippen molar-refractivity contribution in [2.75, 3.05) is 21.3 Å². The molecule has 3 amide bonds. The molecule has 0 saturated heterocycles. The predicted molar refractivity (Wildman–Crippen MR) is 334 cm³/mol. The minimum atomic E-state index is -1.01. The van der Waals surface area contributed by atoms with Gasteiger partial charge in [-0.1, -0.05) is 42.8 Å². The zero-order valence-electron chi connectivity index (χ0n) is 48.3. The summed E-state index contributed by atoms with van der Waals surface area (Å²) in [5, 5.41) is 33.6. The number of nitrogens with one attached hydrogen (secondary N) is 5. The average molecular weight is 1450 g/mol. The van der Waals surface area contributed by atoms with Crippen LogP contribution in [0.15, 0.2) is 122 Å². The first-order valence-electron chi connectivity index (χ1n) is 27.1. The summed E-state index contributed by atoms with van der Waals surface area (Å²) in [6, 6.07) is 25.0. The molecule has 0 spiro atoms. The Morgan fingerprint density at radius 1 is 0.635 bits per heavy atom. The molecule has 2 aromatic carbocycles. The number of pyridine rings is 2. The molecule has 448 valence electrons. The van der Waals surface area contributed by atoms with Crippen molar-refractivity contribution in [1.29, 1.82) is 1.34 Å². The van der Waals surface area contributed by atoms with Gasteiger partial charge in [-0.25, -0.2) is 43.4 Å². The number of rotatable bonds is 11. The summed E-state index contributed by atoms with van der Waals surface area (Å²) in [7, 11) is 3.75. The maximum Gasteiger partial charge on any atom is 0.412 e. The number of hydrogen-bond acceptors (Lipinski definition) is 15. The molecule has 0 bridgehead atoms. The third kappa shape index (κ3) is 20.6.